The Morgan fingerprint density at radius 1 is 0.960 bits per heavy atom. The van der Waals surface area contributed by atoms with Crippen LogP contribution in [-0.4, -0.2) is 36.5 Å². The first-order valence-electron chi connectivity index (χ1n) is 9.39. The summed E-state index contributed by atoms with van der Waals surface area (Å²) in [4.78, 5) is 26.6. The average Bonchev–Trinajstić information content (AvgIpc) is 2.87. The number of nitrogens with zero attached hydrogens (tertiary/aromatic N) is 1. The van der Waals surface area contributed by atoms with E-state index >= 15 is 0 Å². The number of likely N-dealkylation sites (tertiary alicyclic amines) is 1. The number of rotatable bonds is 7. The van der Waals surface area contributed by atoms with E-state index in [2.05, 4.69) is 0 Å². The van der Waals surface area contributed by atoms with Crippen molar-refractivity contribution in [2.75, 3.05) is 19.8 Å². The number of carbonyl (C=O) groups excluding carboxylic acids is 2. The minimum absolute atomic E-state index is 0.0330. The van der Waals surface area contributed by atoms with Gasteiger partial charge in [-0.05, 0) is 50.8 Å². The first-order chi connectivity index (χ1) is 12.2. The molecule has 2 atom stereocenters. The lowest BCUT2D eigenvalue weighted by atomic mass is 9.81. The van der Waals surface area contributed by atoms with Crippen molar-refractivity contribution in [1.82, 2.24) is 4.90 Å². The van der Waals surface area contributed by atoms with Crippen LogP contribution in [0.25, 0.3) is 0 Å². The van der Waals surface area contributed by atoms with Gasteiger partial charge in [-0.2, -0.15) is 0 Å². The minimum atomic E-state index is -0.0689. The second kappa shape index (κ2) is 7.89. The highest BCUT2D eigenvalue weighted by atomic mass is 16.5. The van der Waals surface area contributed by atoms with Gasteiger partial charge in [0.05, 0.1) is 25.0 Å². The third-order valence-corrected chi connectivity index (χ3v) is 5.16. The predicted octanol–water partition coefficient (Wildman–Crippen LogP) is 3.20. The van der Waals surface area contributed by atoms with Gasteiger partial charge in [0.2, 0.25) is 11.8 Å². The third kappa shape index (κ3) is 3.65. The summed E-state index contributed by atoms with van der Waals surface area (Å²) in [5, 5.41) is 0. The van der Waals surface area contributed by atoms with Gasteiger partial charge in [0.25, 0.3) is 0 Å². The Labute approximate surface area is 149 Å². The first kappa shape index (κ1) is 17.8. The van der Waals surface area contributed by atoms with Gasteiger partial charge in [-0.25, -0.2) is 0 Å². The molecule has 5 heteroatoms. The molecular weight excluding hydrogens is 318 g/mol. The molecule has 1 saturated carbocycles. The van der Waals surface area contributed by atoms with Crippen molar-refractivity contribution in [3.05, 3.63) is 23.8 Å². The molecule has 2 aliphatic rings. The van der Waals surface area contributed by atoms with Crippen LogP contribution in [0.4, 0.5) is 0 Å². The maximum atomic E-state index is 12.5. The molecule has 1 aliphatic heterocycles. The Balaban J connectivity index is 1.67. The molecule has 1 aromatic carbocycles. The van der Waals surface area contributed by atoms with E-state index in [0.717, 1.165) is 42.7 Å². The lowest BCUT2D eigenvalue weighted by Crippen LogP contribution is -2.33. The molecule has 0 spiro atoms. The molecule has 2 fully saturated rings. The van der Waals surface area contributed by atoms with Crippen molar-refractivity contribution in [2.24, 2.45) is 11.8 Å². The van der Waals surface area contributed by atoms with Gasteiger partial charge >= 0.3 is 0 Å². The Bertz CT molecular complexity index is 619. The van der Waals surface area contributed by atoms with Gasteiger partial charge in [-0.3, -0.25) is 14.5 Å². The Kier molecular flexibility index (Phi) is 5.61. The average molecular weight is 345 g/mol. The van der Waals surface area contributed by atoms with Gasteiger partial charge < -0.3 is 9.47 Å². The molecule has 0 radical (unpaired) electrons. The molecule has 1 aliphatic carbocycles. The fourth-order valence-electron chi connectivity index (χ4n) is 3.94. The maximum absolute atomic E-state index is 12.5. The van der Waals surface area contributed by atoms with Crippen LogP contribution in [0.3, 0.4) is 0 Å². The van der Waals surface area contributed by atoms with Crippen LogP contribution in [0, 0.1) is 11.8 Å². The van der Waals surface area contributed by atoms with Crippen LogP contribution in [0.15, 0.2) is 18.2 Å². The standard InChI is InChI=1S/C20H27NO4/c1-3-24-17-10-9-14(13-18(17)25-4-2)11-12-21-19(22)15-7-5-6-8-16(15)20(21)23/h9-10,13,15-16H,3-8,11-12H2,1-2H3/t15-,16-/m1/s1. The van der Waals surface area contributed by atoms with Crippen LogP contribution < -0.4 is 9.47 Å². The lowest BCUT2D eigenvalue weighted by molar-refractivity contribution is -0.139. The highest BCUT2D eigenvalue weighted by Gasteiger charge is 2.47. The summed E-state index contributed by atoms with van der Waals surface area (Å²) in [7, 11) is 0. The van der Waals surface area contributed by atoms with E-state index in [-0.39, 0.29) is 23.7 Å². The van der Waals surface area contributed by atoms with Crippen LogP contribution in [-0.2, 0) is 16.0 Å². The summed E-state index contributed by atoms with van der Waals surface area (Å²) >= 11 is 0. The highest BCUT2D eigenvalue weighted by Crippen LogP contribution is 2.38. The summed E-state index contributed by atoms with van der Waals surface area (Å²) < 4.78 is 11.2. The molecule has 25 heavy (non-hydrogen) atoms. The summed E-state index contributed by atoms with van der Waals surface area (Å²) in [6.07, 6.45) is 4.49. The zero-order valence-electron chi connectivity index (χ0n) is 15.1. The molecule has 136 valence electrons. The zero-order valence-corrected chi connectivity index (χ0v) is 15.1. The first-order valence-corrected chi connectivity index (χ1v) is 9.39. The van der Waals surface area contributed by atoms with Crippen LogP contribution in [0.5, 0.6) is 11.5 Å². The quantitative estimate of drug-likeness (QED) is 0.712. The molecule has 0 aromatic heterocycles. The highest BCUT2D eigenvalue weighted by molar-refractivity contribution is 6.05. The van der Waals surface area contributed by atoms with Gasteiger partial charge in [0.15, 0.2) is 11.5 Å². The monoisotopic (exact) mass is 345 g/mol. The molecule has 1 heterocycles. The van der Waals surface area contributed by atoms with Crippen LogP contribution in [0.2, 0.25) is 0 Å². The Hall–Kier alpha value is -2.04. The largest absolute Gasteiger partial charge is 0.490 e. The maximum Gasteiger partial charge on any atom is 0.233 e. The van der Waals surface area contributed by atoms with Crippen LogP contribution >= 0.6 is 0 Å². The summed E-state index contributed by atoms with van der Waals surface area (Å²) in [5.74, 6) is 1.37. The number of hydrogen-bond donors (Lipinski definition) is 0. The number of carbonyl (C=O) groups is 2. The van der Waals surface area contributed by atoms with Crippen LogP contribution in [0.1, 0.15) is 45.1 Å². The van der Waals surface area contributed by atoms with E-state index in [1.54, 1.807) is 0 Å². The second-order valence-electron chi connectivity index (χ2n) is 6.72. The molecule has 3 rings (SSSR count). The molecule has 2 amide bonds. The fourth-order valence-corrected chi connectivity index (χ4v) is 3.94. The van der Waals surface area contributed by atoms with Crippen molar-refractivity contribution < 1.29 is 19.1 Å². The summed E-state index contributed by atoms with van der Waals surface area (Å²) in [6.45, 7) is 5.47. The van der Waals surface area contributed by atoms with Crippen molar-refractivity contribution >= 4 is 11.8 Å². The fraction of sp³-hybridized carbons (Fsp3) is 0.600. The molecule has 0 unspecified atom stereocenters. The Morgan fingerprint density at radius 3 is 2.16 bits per heavy atom. The third-order valence-electron chi connectivity index (χ3n) is 5.16. The number of imide groups is 1. The number of benzene rings is 1. The summed E-state index contributed by atoms with van der Waals surface area (Å²) in [5.41, 5.74) is 1.04. The van der Waals surface area contributed by atoms with Gasteiger partial charge in [0.1, 0.15) is 0 Å². The molecule has 1 saturated heterocycles. The van der Waals surface area contributed by atoms with Crippen molar-refractivity contribution in [1.29, 1.82) is 0 Å². The van der Waals surface area contributed by atoms with Gasteiger partial charge in [0, 0.05) is 6.54 Å². The van der Waals surface area contributed by atoms with E-state index < -0.39 is 0 Å². The molecule has 5 nitrogen and oxygen atoms in total. The van der Waals surface area contributed by atoms with Crippen molar-refractivity contribution in [3.63, 3.8) is 0 Å². The summed E-state index contributed by atoms with van der Waals surface area (Å²) in [6, 6.07) is 5.83. The predicted molar refractivity (Wildman–Crippen MR) is 94.7 cm³/mol. The molecular formula is C20H27NO4. The van der Waals surface area contributed by atoms with E-state index in [1.807, 2.05) is 32.0 Å². The van der Waals surface area contributed by atoms with E-state index in [9.17, 15) is 9.59 Å². The van der Waals surface area contributed by atoms with Gasteiger partial charge in [-0.15, -0.1) is 0 Å². The normalized spacial score (nSPS) is 22.9. The van der Waals surface area contributed by atoms with Crippen molar-refractivity contribution in [2.45, 2.75) is 46.0 Å². The number of amides is 2. The molecule has 1 aromatic rings. The number of ether oxygens (including phenoxy) is 2. The van der Waals surface area contributed by atoms with E-state index in [4.69, 9.17) is 9.47 Å². The second-order valence-corrected chi connectivity index (χ2v) is 6.72. The molecule has 0 N–H and O–H groups in total. The molecule has 0 bridgehead atoms. The van der Waals surface area contributed by atoms with Crippen molar-refractivity contribution in [3.8, 4) is 11.5 Å². The topological polar surface area (TPSA) is 55.8 Å². The Morgan fingerprint density at radius 2 is 1.56 bits per heavy atom. The number of hydrogen-bond acceptors (Lipinski definition) is 4. The smallest absolute Gasteiger partial charge is 0.233 e. The lowest BCUT2D eigenvalue weighted by Gasteiger charge is -2.19. The zero-order chi connectivity index (χ0) is 17.8. The van der Waals surface area contributed by atoms with E-state index in [1.165, 1.54) is 4.90 Å². The minimum Gasteiger partial charge on any atom is -0.490 e. The van der Waals surface area contributed by atoms with E-state index in [0.29, 0.717) is 26.2 Å². The number of fused-ring (bicyclic) bond motifs is 1. The van der Waals surface area contributed by atoms with Gasteiger partial charge in [-0.1, -0.05) is 18.9 Å². The SMILES string of the molecule is CCOc1ccc(CCN2C(=O)[C@@H]3CCCC[C@H]3C2=O)cc1OCC.